The van der Waals surface area contributed by atoms with Crippen molar-refractivity contribution >= 4 is 17.9 Å². The van der Waals surface area contributed by atoms with Gasteiger partial charge in [-0.25, -0.2) is 0 Å². The summed E-state index contributed by atoms with van der Waals surface area (Å²) in [6, 6.07) is 8.91. The number of hydrogen-bond acceptors (Lipinski definition) is 2. The molecule has 2 aliphatic carbocycles. The van der Waals surface area contributed by atoms with Crippen LogP contribution in [0.15, 0.2) is 30.0 Å². The molecule has 0 atom stereocenters. The van der Waals surface area contributed by atoms with Gasteiger partial charge in [-0.15, -0.1) is 0 Å². The van der Waals surface area contributed by atoms with Gasteiger partial charge in [0.2, 0.25) is 5.91 Å². The van der Waals surface area contributed by atoms with Crippen LogP contribution in [0, 0.1) is 5.41 Å². The van der Waals surface area contributed by atoms with E-state index in [2.05, 4.69) is 48.3 Å². The molecular weight excluding hydrogens is 408 g/mol. The van der Waals surface area contributed by atoms with E-state index in [1.54, 1.807) is 0 Å². The summed E-state index contributed by atoms with van der Waals surface area (Å²) in [5.74, 6) is 0.338. The minimum Gasteiger partial charge on any atom is -0.331 e. The van der Waals surface area contributed by atoms with E-state index in [0.717, 1.165) is 31.2 Å². The molecule has 0 spiro atoms. The van der Waals surface area contributed by atoms with Gasteiger partial charge in [0.1, 0.15) is 5.70 Å². The number of carbonyl (C=O) groups excluding carboxylic acids is 2. The Labute approximate surface area is 201 Å². The Morgan fingerprint density at radius 1 is 0.879 bits per heavy atom. The summed E-state index contributed by atoms with van der Waals surface area (Å²) < 4.78 is 0. The monoisotopic (exact) mass is 452 g/mol. The molecule has 0 heterocycles. The largest absolute Gasteiger partial charge is 0.331 e. The van der Waals surface area contributed by atoms with E-state index in [1.165, 1.54) is 44.1 Å². The van der Waals surface area contributed by atoms with Gasteiger partial charge in [-0.05, 0) is 48.8 Å². The summed E-state index contributed by atoms with van der Waals surface area (Å²) >= 11 is 0. The van der Waals surface area contributed by atoms with Crippen LogP contribution in [0.2, 0.25) is 0 Å². The zero-order valence-electron chi connectivity index (χ0n) is 21.5. The molecule has 1 aromatic rings. The molecule has 3 rings (SSSR count). The van der Waals surface area contributed by atoms with E-state index in [-0.39, 0.29) is 23.9 Å². The molecule has 0 saturated heterocycles. The summed E-state index contributed by atoms with van der Waals surface area (Å²) in [5, 5.41) is 3.03. The Kier molecular flexibility index (Phi) is 8.78. The SMILES string of the molecule is CC(C)c1ccc(/C=C(/NC(=O)C(C)(C)C)C(=O)N(C2CCCCC2)C2CCCCC2)cc1. The first-order valence-corrected chi connectivity index (χ1v) is 13.1. The summed E-state index contributed by atoms with van der Waals surface area (Å²) in [6.45, 7) is 10.0. The highest BCUT2D eigenvalue weighted by Gasteiger charge is 2.35. The molecular formula is C29H44N2O2. The van der Waals surface area contributed by atoms with Gasteiger partial charge in [0, 0.05) is 17.5 Å². The van der Waals surface area contributed by atoms with Crippen LogP contribution in [-0.2, 0) is 9.59 Å². The number of benzene rings is 1. The minimum atomic E-state index is -0.568. The third-order valence-electron chi connectivity index (χ3n) is 7.24. The zero-order valence-corrected chi connectivity index (χ0v) is 21.5. The van der Waals surface area contributed by atoms with Gasteiger partial charge in [0.15, 0.2) is 0 Å². The highest BCUT2D eigenvalue weighted by Crippen LogP contribution is 2.31. The van der Waals surface area contributed by atoms with Crippen LogP contribution in [0.1, 0.15) is 116 Å². The summed E-state index contributed by atoms with van der Waals surface area (Å²) in [7, 11) is 0. The highest BCUT2D eigenvalue weighted by atomic mass is 16.2. The van der Waals surface area contributed by atoms with Crippen LogP contribution in [-0.4, -0.2) is 28.8 Å². The third-order valence-corrected chi connectivity index (χ3v) is 7.24. The van der Waals surface area contributed by atoms with Crippen molar-refractivity contribution < 1.29 is 9.59 Å². The Morgan fingerprint density at radius 2 is 1.36 bits per heavy atom. The smallest absolute Gasteiger partial charge is 0.270 e. The fourth-order valence-electron chi connectivity index (χ4n) is 5.09. The van der Waals surface area contributed by atoms with Crippen molar-refractivity contribution in [3.05, 3.63) is 41.1 Å². The molecule has 2 amide bonds. The van der Waals surface area contributed by atoms with Crippen LogP contribution >= 0.6 is 0 Å². The van der Waals surface area contributed by atoms with Gasteiger partial charge in [-0.1, -0.05) is 97.4 Å². The van der Waals surface area contributed by atoms with E-state index in [4.69, 9.17) is 0 Å². The van der Waals surface area contributed by atoms with Crippen molar-refractivity contribution in [2.75, 3.05) is 0 Å². The maximum atomic E-state index is 14.1. The van der Waals surface area contributed by atoms with Crippen molar-refractivity contribution in [1.82, 2.24) is 10.2 Å². The molecule has 2 saturated carbocycles. The molecule has 182 valence electrons. The number of amides is 2. The first kappa shape index (κ1) is 25.5. The standard InChI is InChI=1S/C29H44N2O2/c1-21(2)23-18-16-22(17-19-23)20-26(30-28(33)29(3,4)5)27(32)31(24-12-8-6-9-13-24)25-14-10-7-11-15-25/h16-21,24-25H,6-15H2,1-5H3,(H,30,33)/b26-20+. The third kappa shape index (κ3) is 6.94. The number of rotatable bonds is 6. The normalized spacial score (nSPS) is 18.9. The second-order valence-electron chi connectivity index (χ2n) is 11.4. The average Bonchev–Trinajstić information content (AvgIpc) is 2.80. The molecule has 1 aromatic carbocycles. The molecule has 0 unspecified atom stereocenters. The topological polar surface area (TPSA) is 49.4 Å². The van der Waals surface area contributed by atoms with E-state index in [1.807, 2.05) is 26.8 Å². The van der Waals surface area contributed by atoms with Gasteiger partial charge in [0.05, 0.1) is 0 Å². The van der Waals surface area contributed by atoms with Gasteiger partial charge < -0.3 is 10.2 Å². The molecule has 0 bridgehead atoms. The fourth-order valence-corrected chi connectivity index (χ4v) is 5.09. The zero-order chi connectivity index (χ0) is 24.0. The van der Waals surface area contributed by atoms with Crippen molar-refractivity contribution in [2.24, 2.45) is 5.41 Å². The van der Waals surface area contributed by atoms with Crippen LogP contribution in [0.4, 0.5) is 0 Å². The second kappa shape index (κ2) is 11.4. The average molecular weight is 453 g/mol. The molecule has 2 aliphatic rings. The lowest BCUT2D eigenvalue weighted by Crippen LogP contribution is -2.51. The Balaban J connectivity index is 1.96. The maximum Gasteiger partial charge on any atom is 0.270 e. The predicted molar refractivity (Wildman–Crippen MR) is 137 cm³/mol. The predicted octanol–water partition coefficient (Wildman–Crippen LogP) is 6.81. The fraction of sp³-hybridized carbons (Fsp3) is 0.655. The molecule has 0 aromatic heterocycles. The van der Waals surface area contributed by atoms with E-state index < -0.39 is 5.41 Å². The van der Waals surface area contributed by atoms with Gasteiger partial charge in [-0.2, -0.15) is 0 Å². The number of hydrogen-bond donors (Lipinski definition) is 1. The lowest BCUT2D eigenvalue weighted by molar-refractivity contribution is -0.136. The van der Waals surface area contributed by atoms with E-state index in [0.29, 0.717) is 11.6 Å². The van der Waals surface area contributed by atoms with E-state index >= 15 is 0 Å². The number of carbonyl (C=O) groups is 2. The minimum absolute atomic E-state index is 0.000615. The van der Waals surface area contributed by atoms with E-state index in [9.17, 15) is 9.59 Å². The highest BCUT2D eigenvalue weighted by molar-refractivity contribution is 6.02. The summed E-state index contributed by atoms with van der Waals surface area (Å²) in [5.41, 5.74) is 2.07. The van der Waals surface area contributed by atoms with Crippen LogP contribution < -0.4 is 5.32 Å². The second-order valence-corrected chi connectivity index (χ2v) is 11.4. The molecule has 33 heavy (non-hydrogen) atoms. The molecule has 0 radical (unpaired) electrons. The van der Waals surface area contributed by atoms with Crippen LogP contribution in [0.3, 0.4) is 0 Å². The first-order chi connectivity index (χ1) is 15.7. The first-order valence-electron chi connectivity index (χ1n) is 13.1. The molecule has 4 nitrogen and oxygen atoms in total. The summed E-state index contributed by atoms with van der Waals surface area (Å²) in [6.07, 6.45) is 13.4. The lowest BCUT2D eigenvalue weighted by Gasteiger charge is -2.42. The Morgan fingerprint density at radius 3 is 1.79 bits per heavy atom. The van der Waals surface area contributed by atoms with Gasteiger partial charge in [-0.3, -0.25) is 9.59 Å². The van der Waals surface area contributed by atoms with Crippen molar-refractivity contribution in [1.29, 1.82) is 0 Å². The van der Waals surface area contributed by atoms with Gasteiger partial charge >= 0.3 is 0 Å². The maximum absolute atomic E-state index is 14.1. The Hall–Kier alpha value is -2.10. The van der Waals surface area contributed by atoms with Crippen molar-refractivity contribution in [3.63, 3.8) is 0 Å². The molecule has 0 aliphatic heterocycles. The molecule has 2 fully saturated rings. The molecule has 4 heteroatoms. The van der Waals surface area contributed by atoms with Crippen LogP contribution in [0.5, 0.6) is 0 Å². The lowest BCUT2D eigenvalue weighted by atomic mass is 9.88. The Bertz CT molecular complexity index is 802. The number of nitrogens with zero attached hydrogens (tertiary/aromatic N) is 1. The molecule has 1 N–H and O–H groups in total. The van der Waals surface area contributed by atoms with Crippen molar-refractivity contribution in [2.45, 2.75) is 117 Å². The quantitative estimate of drug-likeness (QED) is 0.482. The van der Waals surface area contributed by atoms with Gasteiger partial charge in [0.25, 0.3) is 5.91 Å². The summed E-state index contributed by atoms with van der Waals surface area (Å²) in [4.78, 5) is 29.3. The van der Waals surface area contributed by atoms with Crippen molar-refractivity contribution in [3.8, 4) is 0 Å². The number of nitrogens with one attached hydrogen (secondary N) is 1. The van der Waals surface area contributed by atoms with Crippen LogP contribution in [0.25, 0.3) is 6.08 Å².